The minimum absolute atomic E-state index is 0.196. The number of ether oxygens (including phenoxy) is 2. The first-order valence-electron chi connectivity index (χ1n) is 7.75. The first-order valence-corrected chi connectivity index (χ1v) is 7.75. The van der Waals surface area contributed by atoms with Crippen LogP contribution in [0, 0.1) is 0 Å². The van der Waals surface area contributed by atoms with E-state index in [-0.39, 0.29) is 6.10 Å². The van der Waals surface area contributed by atoms with Crippen molar-refractivity contribution < 1.29 is 14.3 Å². The van der Waals surface area contributed by atoms with E-state index in [1.165, 1.54) is 13.3 Å². The molecule has 0 saturated carbocycles. The van der Waals surface area contributed by atoms with E-state index in [0.29, 0.717) is 29.6 Å². The Kier molecular flexibility index (Phi) is 5.17. The van der Waals surface area contributed by atoms with Gasteiger partial charge in [-0.05, 0) is 31.0 Å². The van der Waals surface area contributed by atoms with Crippen molar-refractivity contribution >= 4 is 23.4 Å². The second-order valence-electron chi connectivity index (χ2n) is 5.38. The van der Waals surface area contributed by atoms with E-state index in [1.54, 1.807) is 18.2 Å². The summed E-state index contributed by atoms with van der Waals surface area (Å²) in [7, 11) is 1.35. The van der Waals surface area contributed by atoms with E-state index in [9.17, 15) is 4.79 Å². The summed E-state index contributed by atoms with van der Waals surface area (Å²) in [6.07, 6.45) is 3.84. The molecule has 1 atom stereocenters. The highest BCUT2D eigenvalue weighted by atomic mass is 16.5. The van der Waals surface area contributed by atoms with Crippen molar-refractivity contribution in [2.24, 2.45) is 0 Å². The molecule has 1 aromatic carbocycles. The Balaban J connectivity index is 1.64. The van der Waals surface area contributed by atoms with Crippen LogP contribution in [0.3, 0.4) is 0 Å². The average Bonchev–Trinajstić information content (AvgIpc) is 3.13. The third-order valence-electron chi connectivity index (χ3n) is 3.63. The van der Waals surface area contributed by atoms with Crippen LogP contribution in [0.2, 0.25) is 0 Å². The van der Waals surface area contributed by atoms with Gasteiger partial charge in [-0.2, -0.15) is 10.1 Å². The van der Waals surface area contributed by atoms with E-state index in [0.717, 1.165) is 19.4 Å². The summed E-state index contributed by atoms with van der Waals surface area (Å²) in [5.74, 6) is 0.569. The number of hydrogen-bond donors (Lipinski definition) is 2. The smallest absolute Gasteiger partial charge is 0.337 e. The Morgan fingerprint density at radius 1 is 1.46 bits per heavy atom. The highest BCUT2D eigenvalue weighted by Crippen LogP contribution is 2.17. The van der Waals surface area contributed by atoms with Crippen LogP contribution in [0.4, 0.5) is 17.5 Å². The average molecular weight is 329 g/mol. The predicted molar refractivity (Wildman–Crippen MR) is 88.4 cm³/mol. The molecule has 2 heterocycles. The monoisotopic (exact) mass is 329 g/mol. The largest absolute Gasteiger partial charge is 0.465 e. The van der Waals surface area contributed by atoms with Gasteiger partial charge in [0, 0.05) is 18.8 Å². The Morgan fingerprint density at radius 2 is 2.38 bits per heavy atom. The van der Waals surface area contributed by atoms with Gasteiger partial charge in [-0.1, -0.05) is 6.07 Å². The molecule has 1 aliphatic heterocycles. The van der Waals surface area contributed by atoms with Crippen LogP contribution < -0.4 is 10.6 Å². The lowest BCUT2D eigenvalue weighted by Gasteiger charge is -2.11. The van der Waals surface area contributed by atoms with Crippen molar-refractivity contribution in [1.82, 2.24) is 15.2 Å². The fourth-order valence-electron chi connectivity index (χ4n) is 2.44. The topological polar surface area (TPSA) is 98.3 Å². The van der Waals surface area contributed by atoms with Gasteiger partial charge in [0.15, 0.2) is 5.82 Å². The summed E-state index contributed by atoms with van der Waals surface area (Å²) >= 11 is 0. The molecule has 2 aromatic rings. The second-order valence-corrected chi connectivity index (χ2v) is 5.38. The molecular formula is C16H19N5O3. The lowest BCUT2D eigenvalue weighted by atomic mass is 10.2. The van der Waals surface area contributed by atoms with Crippen LogP contribution in [0.1, 0.15) is 23.2 Å². The van der Waals surface area contributed by atoms with Crippen molar-refractivity contribution in [2.45, 2.75) is 18.9 Å². The van der Waals surface area contributed by atoms with E-state index in [2.05, 4.69) is 25.8 Å². The second kappa shape index (κ2) is 7.69. The first kappa shape index (κ1) is 16.1. The summed E-state index contributed by atoms with van der Waals surface area (Å²) in [4.78, 5) is 15.9. The van der Waals surface area contributed by atoms with Crippen LogP contribution in [-0.4, -0.2) is 47.5 Å². The number of nitrogens with one attached hydrogen (secondary N) is 2. The SMILES string of the molecule is COC(=O)c1cccc(Nc2cnnc(NCC3CCCO3)n2)c1. The molecule has 0 radical (unpaired) electrons. The number of methoxy groups -OCH3 is 1. The molecule has 2 N–H and O–H groups in total. The zero-order chi connectivity index (χ0) is 16.8. The van der Waals surface area contributed by atoms with Gasteiger partial charge in [-0.25, -0.2) is 4.79 Å². The number of aromatic nitrogens is 3. The molecule has 1 aliphatic rings. The van der Waals surface area contributed by atoms with Gasteiger partial charge in [-0.3, -0.25) is 0 Å². The molecule has 0 amide bonds. The summed E-state index contributed by atoms with van der Waals surface area (Å²) in [5, 5.41) is 14.1. The van der Waals surface area contributed by atoms with Crippen molar-refractivity contribution in [1.29, 1.82) is 0 Å². The first-order chi connectivity index (χ1) is 11.7. The Morgan fingerprint density at radius 3 is 3.17 bits per heavy atom. The minimum Gasteiger partial charge on any atom is -0.465 e. The zero-order valence-electron chi connectivity index (χ0n) is 13.4. The van der Waals surface area contributed by atoms with E-state index in [4.69, 9.17) is 9.47 Å². The predicted octanol–water partition coefficient (Wildman–Crippen LogP) is 1.99. The third-order valence-corrected chi connectivity index (χ3v) is 3.63. The van der Waals surface area contributed by atoms with E-state index in [1.807, 2.05) is 6.07 Å². The molecule has 0 aliphatic carbocycles. The van der Waals surface area contributed by atoms with Gasteiger partial charge in [-0.15, -0.1) is 5.10 Å². The molecule has 8 nitrogen and oxygen atoms in total. The van der Waals surface area contributed by atoms with Gasteiger partial charge in [0.25, 0.3) is 0 Å². The van der Waals surface area contributed by atoms with Gasteiger partial charge < -0.3 is 20.1 Å². The quantitative estimate of drug-likeness (QED) is 0.777. The lowest BCUT2D eigenvalue weighted by Crippen LogP contribution is -2.20. The number of hydrogen-bond acceptors (Lipinski definition) is 8. The van der Waals surface area contributed by atoms with Gasteiger partial charge >= 0.3 is 5.97 Å². The number of carbonyl (C=O) groups excluding carboxylic acids is 1. The van der Waals surface area contributed by atoms with Crippen LogP contribution in [0.25, 0.3) is 0 Å². The van der Waals surface area contributed by atoms with Gasteiger partial charge in [0.2, 0.25) is 5.95 Å². The maximum atomic E-state index is 11.6. The molecule has 8 heteroatoms. The van der Waals surface area contributed by atoms with Crippen molar-refractivity contribution in [3.63, 3.8) is 0 Å². The standard InChI is InChI=1S/C16H19N5O3/c1-23-15(22)11-4-2-5-12(8-11)19-14-10-18-21-16(20-14)17-9-13-6-3-7-24-13/h2,4-5,8,10,13H,3,6-7,9H2,1H3,(H2,17,19,20,21). The number of nitrogens with zero attached hydrogens (tertiary/aromatic N) is 3. The van der Waals surface area contributed by atoms with Crippen molar-refractivity contribution in [3.05, 3.63) is 36.0 Å². The molecule has 24 heavy (non-hydrogen) atoms. The normalized spacial score (nSPS) is 16.6. The highest BCUT2D eigenvalue weighted by Gasteiger charge is 2.15. The molecule has 1 aromatic heterocycles. The van der Waals surface area contributed by atoms with E-state index >= 15 is 0 Å². The molecule has 0 spiro atoms. The molecule has 0 bridgehead atoms. The Bertz CT molecular complexity index is 704. The van der Waals surface area contributed by atoms with Crippen LogP contribution >= 0.6 is 0 Å². The Hall–Kier alpha value is -2.74. The van der Waals surface area contributed by atoms with Crippen LogP contribution in [0.15, 0.2) is 30.5 Å². The number of carbonyl (C=O) groups is 1. The third kappa shape index (κ3) is 4.17. The van der Waals surface area contributed by atoms with Crippen LogP contribution in [-0.2, 0) is 9.47 Å². The minimum atomic E-state index is -0.390. The maximum Gasteiger partial charge on any atom is 0.337 e. The van der Waals surface area contributed by atoms with Gasteiger partial charge in [0.05, 0.1) is 25.0 Å². The molecule has 126 valence electrons. The number of benzene rings is 1. The molecule has 1 saturated heterocycles. The fraction of sp³-hybridized carbons (Fsp3) is 0.375. The summed E-state index contributed by atoms with van der Waals surface area (Å²) in [6.45, 7) is 1.46. The van der Waals surface area contributed by atoms with E-state index < -0.39 is 5.97 Å². The maximum absolute atomic E-state index is 11.6. The van der Waals surface area contributed by atoms with Crippen LogP contribution in [0.5, 0.6) is 0 Å². The molecule has 3 rings (SSSR count). The highest BCUT2D eigenvalue weighted by molar-refractivity contribution is 5.90. The van der Waals surface area contributed by atoms with Gasteiger partial charge in [0.1, 0.15) is 0 Å². The number of esters is 1. The summed E-state index contributed by atoms with van der Waals surface area (Å²) in [5.41, 5.74) is 1.17. The fourth-order valence-corrected chi connectivity index (χ4v) is 2.44. The zero-order valence-corrected chi connectivity index (χ0v) is 13.4. The Labute approximate surface area is 139 Å². The number of rotatable bonds is 6. The number of anilines is 3. The molecule has 1 fully saturated rings. The van der Waals surface area contributed by atoms with Crippen molar-refractivity contribution in [2.75, 3.05) is 30.9 Å². The molecule has 1 unspecified atom stereocenters. The van der Waals surface area contributed by atoms with Crippen molar-refractivity contribution in [3.8, 4) is 0 Å². The summed E-state index contributed by atoms with van der Waals surface area (Å²) < 4.78 is 10.3. The lowest BCUT2D eigenvalue weighted by molar-refractivity contribution is 0.0601. The molecular weight excluding hydrogens is 310 g/mol. The summed E-state index contributed by atoms with van der Waals surface area (Å²) in [6, 6.07) is 6.96.